The van der Waals surface area contributed by atoms with E-state index in [1.54, 1.807) is 11.3 Å². The van der Waals surface area contributed by atoms with Crippen molar-refractivity contribution in [1.82, 2.24) is 5.32 Å². The molecule has 1 heterocycles. The van der Waals surface area contributed by atoms with Gasteiger partial charge in [-0.1, -0.05) is 6.42 Å². The van der Waals surface area contributed by atoms with Crippen molar-refractivity contribution < 1.29 is 9.90 Å². The van der Waals surface area contributed by atoms with Crippen molar-refractivity contribution in [2.75, 3.05) is 13.1 Å². The summed E-state index contributed by atoms with van der Waals surface area (Å²) in [5.41, 5.74) is 1.36. The standard InChI is InChI=1S/C13H19NO2S/c15-13(16)12-3-1-2-11(12)8-14-6-4-10-5-7-17-9-10/h5,7,9,11-12,14H,1-4,6,8H2,(H,15,16). The summed E-state index contributed by atoms with van der Waals surface area (Å²) in [6.45, 7) is 1.79. The third kappa shape index (κ3) is 3.54. The molecule has 1 saturated carbocycles. The minimum absolute atomic E-state index is 0.122. The molecule has 0 aliphatic heterocycles. The van der Waals surface area contributed by atoms with Gasteiger partial charge < -0.3 is 10.4 Å². The molecular weight excluding hydrogens is 234 g/mol. The van der Waals surface area contributed by atoms with Crippen LogP contribution in [0.3, 0.4) is 0 Å². The van der Waals surface area contributed by atoms with Crippen LogP contribution in [0.4, 0.5) is 0 Å². The molecule has 0 radical (unpaired) electrons. The van der Waals surface area contributed by atoms with E-state index in [-0.39, 0.29) is 5.92 Å². The van der Waals surface area contributed by atoms with E-state index in [2.05, 4.69) is 22.1 Å². The first-order valence-corrected chi connectivity index (χ1v) is 7.16. The quantitative estimate of drug-likeness (QED) is 0.765. The van der Waals surface area contributed by atoms with Crippen molar-refractivity contribution in [3.8, 4) is 0 Å². The Kier molecular flexibility index (Phi) is 4.57. The van der Waals surface area contributed by atoms with Gasteiger partial charge >= 0.3 is 5.97 Å². The molecule has 1 aromatic rings. The van der Waals surface area contributed by atoms with Crippen LogP contribution in [-0.2, 0) is 11.2 Å². The smallest absolute Gasteiger partial charge is 0.306 e. The SMILES string of the molecule is O=C(O)C1CCCC1CNCCc1ccsc1. The largest absolute Gasteiger partial charge is 0.481 e. The van der Waals surface area contributed by atoms with E-state index >= 15 is 0 Å². The highest BCUT2D eigenvalue weighted by Gasteiger charge is 2.32. The summed E-state index contributed by atoms with van der Waals surface area (Å²) < 4.78 is 0. The van der Waals surface area contributed by atoms with Gasteiger partial charge in [-0.15, -0.1) is 0 Å². The Hall–Kier alpha value is -0.870. The predicted octanol–water partition coefficient (Wildman–Crippen LogP) is 2.38. The maximum Gasteiger partial charge on any atom is 0.306 e. The lowest BCUT2D eigenvalue weighted by Crippen LogP contribution is -2.30. The molecule has 2 atom stereocenters. The second kappa shape index (κ2) is 6.17. The number of carbonyl (C=O) groups is 1. The number of nitrogens with one attached hydrogen (secondary N) is 1. The van der Waals surface area contributed by atoms with E-state index in [1.165, 1.54) is 5.56 Å². The molecule has 1 fully saturated rings. The number of carboxylic acid groups (broad SMARTS) is 1. The Labute approximate surface area is 106 Å². The number of aliphatic carboxylic acids is 1. The average molecular weight is 253 g/mol. The Morgan fingerprint density at radius 3 is 3.12 bits per heavy atom. The van der Waals surface area contributed by atoms with Gasteiger partial charge in [0.1, 0.15) is 0 Å². The molecule has 2 rings (SSSR count). The number of thiophene rings is 1. The van der Waals surface area contributed by atoms with Crippen LogP contribution < -0.4 is 5.32 Å². The highest BCUT2D eigenvalue weighted by molar-refractivity contribution is 7.07. The van der Waals surface area contributed by atoms with Gasteiger partial charge in [0.25, 0.3) is 0 Å². The first kappa shape index (κ1) is 12.6. The van der Waals surface area contributed by atoms with Gasteiger partial charge in [0.05, 0.1) is 5.92 Å². The number of hydrogen-bond acceptors (Lipinski definition) is 3. The molecule has 2 N–H and O–H groups in total. The average Bonchev–Trinajstić information content (AvgIpc) is 2.95. The molecule has 0 spiro atoms. The molecule has 17 heavy (non-hydrogen) atoms. The van der Waals surface area contributed by atoms with E-state index in [4.69, 9.17) is 5.11 Å². The molecule has 94 valence electrons. The van der Waals surface area contributed by atoms with Gasteiger partial charge in [-0.25, -0.2) is 0 Å². The van der Waals surface area contributed by atoms with Crippen molar-refractivity contribution in [2.24, 2.45) is 11.8 Å². The van der Waals surface area contributed by atoms with E-state index < -0.39 is 5.97 Å². The Bertz CT molecular complexity index is 350. The van der Waals surface area contributed by atoms with Crippen LogP contribution in [-0.4, -0.2) is 24.2 Å². The summed E-state index contributed by atoms with van der Waals surface area (Å²) in [5.74, 6) is -0.411. The molecule has 1 aromatic heterocycles. The highest BCUT2D eigenvalue weighted by atomic mass is 32.1. The lowest BCUT2D eigenvalue weighted by molar-refractivity contribution is -0.142. The molecule has 0 aromatic carbocycles. The molecule has 1 aliphatic carbocycles. The van der Waals surface area contributed by atoms with Gasteiger partial charge in [0.15, 0.2) is 0 Å². The van der Waals surface area contributed by atoms with E-state index in [0.29, 0.717) is 5.92 Å². The topological polar surface area (TPSA) is 49.3 Å². The minimum atomic E-state index is -0.618. The van der Waals surface area contributed by atoms with Crippen molar-refractivity contribution in [3.63, 3.8) is 0 Å². The Morgan fingerprint density at radius 1 is 1.53 bits per heavy atom. The van der Waals surface area contributed by atoms with Crippen LogP contribution in [0.25, 0.3) is 0 Å². The first-order valence-electron chi connectivity index (χ1n) is 6.22. The van der Waals surface area contributed by atoms with E-state index in [9.17, 15) is 4.79 Å². The van der Waals surface area contributed by atoms with Crippen molar-refractivity contribution in [2.45, 2.75) is 25.7 Å². The molecular formula is C13H19NO2S. The Morgan fingerprint density at radius 2 is 2.41 bits per heavy atom. The maximum atomic E-state index is 11.0. The number of hydrogen-bond donors (Lipinski definition) is 2. The second-order valence-electron chi connectivity index (χ2n) is 4.72. The minimum Gasteiger partial charge on any atom is -0.481 e. The zero-order chi connectivity index (χ0) is 12.1. The summed E-state index contributed by atoms with van der Waals surface area (Å²) in [7, 11) is 0. The summed E-state index contributed by atoms with van der Waals surface area (Å²) in [4.78, 5) is 11.0. The monoisotopic (exact) mass is 253 g/mol. The zero-order valence-corrected chi connectivity index (χ0v) is 10.7. The van der Waals surface area contributed by atoms with Crippen LogP contribution >= 0.6 is 11.3 Å². The summed E-state index contributed by atoms with van der Waals surface area (Å²) in [5, 5.41) is 16.7. The fourth-order valence-electron chi connectivity index (χ4n) is 2.56. The summed E-state index contributed by atoms with van der Waals surface area (Å²) >= 11 is 1.72. The molecule has 2 unspecified atom stereocenters. The molecule has 3 nitrogen and oxygen atoms in total. The molecule has 0 amide bonds. The maximum absolute atomic E-state index is 11.0. The molecule has 0 bridgehead atoms. The first-order chi connectivity index (χ1) is 8.27. The van der Waals surface area contributed by atoms with Crippen LogP contribution in [0, 0.1) is 11.8 Å². The lowest BCUT2D eigenvalue weighted by Gasteiger charge is -2.16. The summed E-state index contributed by atoms with van der Waals surface area (Å²) in [6.07, 6.45) is 4.01. The fourth-order valence-corrected chi connectivity index (χ4v) is 3.26. The van der Waals surface area contributed by atoms with Crippen LogP contribution in [0.1, 0.15) is 24.8 Å². The van der Waals surface area contributed by atoms with Crippen LogP contribution in [0.2, 0.25) is 0 Å². The molecule has 4 heteroatoms. The molecule has 1 aliphatic rings. The van der Waals surface area contributed by atoms with Gasteiger partial charge in [-0.05, 0) is 60.7 Å². The van der Waals surface area contributed by atoms with Gasteiger partial charge in [-0.3, -0.25) is 4.79 Å². The molecule has 0 saturated heterocycles. The number of rotatable bonds is 6. The van der Waals surface area contributed by atoms with Gasteiger partial charge in [0, 0.05) is 0 Å². The van der Waals surface area contributed by atoms with E-state index in [1.807, 2.05) is 0 Å². The van der Waals surface area contributed by atoms with Gasteiger partial charge in [-0.2, -0.15) is 11.3 Å². The van der Waals surface area contributed by atoms with Crippen molar-refractivity contribution >= 4 is 17.3 Å². The van der Waals surface area contributed by atoms with Crippen molar-refractivity contribution in [3.05, 3.63) is 22.4 Å². The van der Waals surface area contributed by atoms with Gasteiger partial charge in [0.2, 0.25) is 0 Å². The van der Waals surface area contributed by atoms with Crippen molar-refractivity contribution in [1.29, 1.82) is 0 Å². The zero-order valence-electron chi connectivity index (χ0n) is 9.89. The lowest BCUT2D eigenvalue weighted by atomic mass is 9.96. The third-order valence-corrected chi connectivity index (χ3v) is 4.29. The Balaban J connectivity index is 1.66. The predicted molar refractivity (Wildman–Crippen MR) is 69.4 cm³/mol. The highest BCUT2D eigenvalue weighted by Crippen LogP contribution is 2.31. The number of carboxylic acids is 1. The van der Waals surface area contributed by atoms with Crippen LogP contribution in [0.15, 0.2) is 16.8 Å². The third-order valence-electron chi connectivity index (χ3n) is 3.55. The fraction of sp³-hybridized carbons (Fsp3) is 0.615. The van der Waals surface area contributed by atoms with Crippen LogP contribution in [0.5, 0.6) is 0 Å². The van der Waals surface area contributed by atoms with E-state index in [0.717, 1.165) is 38.8 Å². The second-order valence-corrected chi connectivity index (χ2v) is 5.50. The summed E-state index contributed by atoms with van der Waals surface area (Å²) in [6, 6.07) is 2.14. The normalized spacial score (nSPS) is 24.0.